The molecule has 0 saturated carbocycles. The number of ketones is 2. The Bertz CT molecular complexity index is 824. The van der Waals surface area contributed by atoms with Gasteiger partial charge in [-0.15, -0.1) is 0 Å². The normalized spacial score (nSPS) is 12.8. The molecule has 0 atom stereocenters. The molecule has 0 spiro atoms. The van der Waals surface area contributed by atoms with Gasteiger partial charge in [0, 0.05) is 11.5 Å². The van der Waals surface area contributed by atoms with E-state index >= 15 is 0 Å². The summed E-state index contributed by atoms with van der Waals surface area (Å²) in [4.78, 5) is 41.3. The molecule has 7 heteroatoms. The summed E-state index contributed by atoms with van der Waals surface area (Å²) in [5.74, 6) is -1.56. The highest BCUT2D eigenvalue weighted by molar-refractivity contribution is 9.09. The van der Waals surface area contributed by atoms with Crippen molar-refractivity contribution in [2.24, 2.45) is 0 Å². The van der Waals surface area contributed by atoms with E-state index in [9.17, 15) is 14.4 Å². The lowest BCUT2D eigenvalue weighted by atomic mass is 9.90. The molecule has 0 saturated heterocycles. The molecule has 0 fully saturated rings. The number of esters is 1. The molecule has 3 rings (SSSR count). The number of carbonyl (C=O) groups is 3. The van der Waals surface area contributed by atoms with Gasteiger partial charge in [0.05, 0.1) is 17.7 Å². The summed E-state index contributed by atoms with van der Waals surface area (Å²) in [7, 11) is 0. The van der Waals surface area contributed by atoms with Gasteiger partial charge in [0.15, 0.2) is 5.76 Å². The number of rotatable bonds is 4. The topological polar surface area (TPSA) is 86.5 Å². The van der Waals surface area contributed by atoms with Crippen molar-refractivity contribution in [2.75, 3.05) is 11.9 Å². The predicted molar refractivity (Wildman–Crippen MR) is 83.2 cm³/mol. The average molecular weight is 378 g/mol. The van der Waals surface area contributed by atoms with Crippen molar-refractivity contribution in [3.63, 3.8) is 0 Å². The van der Waals surface area contributed by atoms with E-state index in [2.05, 4.69) is 20.9 Å². The van der Waals surface area contributed by atoms with Crippen molar-refractivity contribution < 1.29 is 23.5 Å². The van der Waals surface area contributed by atoms with E-state index in [0.717, 1.165) is 0 Å². The Balaban J connectivity index is 2.06. The summed E-state index contributed by atoms with van der Waals surface area (Å²) in [5.41, 5.74) is 0.157. The average Bonchev–Trinajstić information content (AvgIpc) is 2.90. The van der Waals surface area contributed by atoms with Crippen molar-refractivity contribution in [1.29, 1.82) is 0 Å². The van der Waals surface area contributed by atoms with Crippen molar-refractivity contribution in [1.82, 2.24) is 4.98 Å². The summed E-state index contributed by atoms with van der Waals surface area (Å²) in [6.07, 6.45) is 2.07. The first-order valence-electron chi connectivity index (χ1n) is 6.97. The number of ether oxygens (including phenoxy) is 1. The zero-order chi connectivity index (χ0) is 16.6. The van der Waals surface area contributed by atoms with Gasteiger partial charge in [0.25, 0.3) is 0 Å². The number of pyridine rings is 1. The number of nitrogens with zero attached hydrogens (tertiary/aromatic N) is 1. The van der Waals surface area contributed by atoms with Gasteiger partial charge < -0.3 is 9.15 Å². The van der Waals surface area contributed by atoms with E-state index < -0.39 is 17.5 Å². The van der Waals surface area contributed by atoms with E-state index in [1.165, 1.54) is 19.2 Å². The van der Waals surface area contributed by atoms with Gasteiger partial charge >= 0.3 is 5.97 Å². The molecule has 2 aromatic rings. The molecule has 1 aliphatic rings. The van der Waals surface area contributed by atoms with Gasteiger partial charge in [0.2, 0.25) is 11.6 Å². The SMILES string of the molecule is Cc1oc2c(c1C(=O)OCCCBr)C(=O)c1ncccc1C2=O. The minimum absolute atomic E-state index is 0.00391. The zero-order valence-corrected chi connectivity index (χ0v) is 13.8. The molecule has 2 heterocycles. The number of halogens is 1. The van der Waals surface area contributed by atoms with Crippen LogP contribution < -0.4 is 0 Å². The monoisotopic (exact) mass is 377 g/mol. The highest BCUT2D eigenvalue weighted by atomic mass is 79.9. The molecule has 23 heavy (non-hydrogen) atoms. The second-order valence-electron chi connectivity index (χ2n) is 4.97. The van der Waals surface area contributed by atoms with Crippen LogP contribution >= 0.6 is 15.9 Å². The minimum Gasteiger partial charge on any atom is -0.462 e. The minimum atomic E-state index is -0.672. The number of carbonyl (C=O) groups excluding carboxylic acids is 3. The summed E-state index contributed by atoms with van der Waals surface area (Å²) in [5, 5.41) is 0.692. The number of hydrogen-bond donors (Lipinski definition) is 0. The van der Waals surface area contributed by atoms with Gasteiger partial charge in [-0.05, 0) is 25.5 Å². The van der Waals surface area contributed by atoms with E-state index in [4.69, 9.17) is 9.15 Å². The third-order valence-electron chi connectivity index (χ3n) is 3.50. The van der Waals surface area contributed by atoms with Crippen LogP contribution in [0.25, 0.3) is 0 Å². The molecule has 0 radical (unpaired) electrons. The Morgan fingerprint density at radius 1 is 1.35 bits per heavy atom. The molecule has 0 amide bonds. The quantitative estimate of drug-likeness (QED) is 0.394. The van der Waals surface area contributed by atoms with Crippen LogP contribution in [0, 0.1) is 6.92 Å². The molecular weight excluding hydrogens is 366 g/mol. The molecule has 0 N–H and O–H groups in total. The third-order valence-corrected chi connectivity index (χ3v) is 4.06. The summed E-state index contributed by atoms with van der Waals surface area (Å²) < 4.78 is 10.5. The highest BCUT2D eigenvalue weighted by Gasteiger charge is 2.39. The second kappa shape index (κ2) is 6.08. The first-order valence-corrected chi connectivity index (χ1v) is 8.09. The summed E-state index contributed by atoms with van der Waals surface area (Å²) in [6.45, 7) is 1.73. The Morgan fingerprint density at radius 3 is 2.87 bits per heavy atom. The van der Waals surface area contributed by atoms with Crippen LogP contribution in [-0.2, 0) is 4.74 Å². The fraction of sp³-hybridized carbons (Fsp3) is 0.250. The highest BCUT2D eigenvalue weighted by Crippen LogP contribution is 2.32. The van der Waals surface area contributed by atoms with Crippen molar-refractivity contribution in [3.8, 4) is 0 Å². The molecule has 118 valence electrons. The van der Waals surface area contributed by atoms with Crippen LogP contribution in [0.1, 0.15) is 54.7 Å². The number of fused-ring (bicyclic) bond motifs is 2. The van der Waals surface area contributed by atoms with Crippen LogP contribution in [-0.4, -0.2) is 34.5 Å². The Hall–Kier alpha value is -2.28. The summed E-state index contributed by atoms with van der Waals surface area (Å²) in [6, 6.07) is 3.08. The number of alkyl halides is 1. The van der Waals surface area contributed by atoms with Gasteiger partial charge in [-0.3, -0.25) is 14.6 Å². The first kappa shape index (κ1) is 15.6. The van der Waals surface area contributed by atoms with Gasteiger partial charge in [-0.25, -0.2) is 4.79 Å². The van der Waals surface area contributed by atoms with Gasteiger partial charge in [-0.1, -0.05) is 15.9 Å². The molecule has 0 unspecified atom stereocenters. The smallest absolute Gasteiger partial charge is 0.342 e. The second-order valence-corrected chi connectivity index (χ2v) is 5.77. The van der Waals surface area contributed by atoms with Crippen LogP contribution in [0.5, 0.6) is 0 Å². The largest absolute Gasteiger partial charge is 0.462 e. The van der Waals surface area contributed by atoms with Crippen LogP contribution in [0.3, 0.4) is 0 Å². The maximum Gasteiger partial charge on any atom is 0.342 e. The molecule has 2 aromatic heterocycles. The standard InChI is InChI=1S/C16H12BrNO5/c1-8-10(16(21)22-7-3-5-17)11-14(20)12-9(4-2-6-18-12)13(19)15(11)23-8/h2,4,6H,3,5,7H2,1H3. The molecule has 0 aromatic carbocycles. The van der Waals surface area contributed by atoms with Crippen LogP contribution in [0.2, 0.25) is 0 Å². The number of aryl methyl sites for hydroxylation is 1. The fourth-order valence-corrected chi connectivity index (χ4v) is 2.70. The predicted octanol–water partition coefficient (Wildman–Crippen LogP) is 2.70. The number of aromatic nitrogens is 1. The lowest BCUT2D eigenvalue weighted by Gasteiger charge is -2.12. The Labute approximate surface area is 140 Å². The fourth-order valence-electron chi connectivity index (χ4n) is 2.47. The first-order chi connectivity index (χ1) is 11.1. The van der Waals surface area contributed by atoms with E-state index in [1.54, 1.807) is 6.07 Å². The van der Waals surface area contributed by atoms with Crippen LogP contribution in [0.4, 0.5) is 0 Å². The summed E-state index contributed by atoms with van der Waals surface area (Å²) >= 11 is 3.24. The Kier molecular flexibility index (Phi) is 4.12. The van der Waals surface area contributed by atoms with E-state index in [0.29, 0.717) is 11.8 Å². The number of furan rings is 1. The number of hydrogen-bond acceptors (Lipinski definition) is 6. The molecule has 6 nitrogen and oxygen atoms in total. The molecule has 1 aliphatic carbocycles. The van der Waals surface area contributed by atoms with E-state index in [-0.39, 0.29) is 40.5 Å². The van der Waals surface area contributed by atoms with Crippen LogP contribution in [0.15, 0.2) is 22.7 Å². The maximum atomic E-state index is 12.6. The zero-order valence-electron chi connectivity index (χ0n) is 12.2. The van der Waals surface area contributed by atoms with Crippen molar-refractivity contribution >= 4 is 33.5 Å². The Morgan fingerprint density at radius 2 is 2.13 bits per heavy atom. The van der Waals surface area contributed by atoms with E-state index in [1.807, 2.05) is 0 Å². The van der Waals surface area contributed by atoms with Gasteiger partial charge in [-0.2, -0.15) is 0 Å². The maximum absolute atomic E-state index is 12.6. The molecule has 0 aliphatic heterocycles. The molecular formula is C16H12BrNO5. The van der Waals surface area contributed by atoms with Crippen molar-refractivity contribution in [3.05, 3.63) is 52.2 Å². The van der Waals surface area contributed by atoms with Gasteiger partial charge in [0.1, 0.15) is 17.0 Å². The van der Waals surface area contributed by atoms with Crippen molar-refractivity contribution in [2.45, 2.75) is 13.3 Å². The third kappa shape index (κ3) is 2.50. The molecule has 0 bridgehead atoms. The lowest BCUT2D eigenvalue weighted by Crippen LogP contribution is -2.23. The lowest BCUT2D eigenvalue weighted by molar-refractivity contribution is 0.0502.